The molecule has 5 N–H and O–H groups in total. The molecule has 1 saturated heterocycles. The molecular weight excluding hydrogens is 316 g/mol. The van der Waals surface area contributed by atoms with Gasteiger partial charge in [-0.3, -0.25) is 9.59 Å². The van der Waals surface area contributed by atoms with E-state index in [9.17, 15) is 9.59 Å². The van der Waals surface area contributed by atoms with E-state index in [0.29, 0.717) is 17.7 Å². The molecule has 23 heavy (non-hydrogen) atoms. The van der Waals surface area contributed by atoms with Gasteiger partial charge >= 0.3 is 0 Å². The number of anilines is 2. The minimum absolute atomic E-state index is 0. The van der Waals surface area contributed by atoms with Crippen LogP contribution in [-0.2, 0) is 4.79 Å². The zero-order valence-corrected chi connectivity index (χ0v) is 14.2. The molecule has 0 spiro atoms. The van der Waals surface area contributed by atoms with E-state index in [0.717, 1.165) is 31.6 Å². The van der Waals surface area contributed by atoms with Crippen LogP contribution in [0.1, 0.15) is 43.0 Å². The third-order valence-electron chi connectivity index (χ3n) is 4.00. The summed E-state index contributed by atoms with van der Waals surface area (Å²) in [6.45, 7) is 3.65. The van der Waals surface area contributed by atoms with Gasteiger partial charge in [0.05, 0.1) is 17.3 Å². The van der Waals surface area contributed by atoms with E-state index >= 15 is 0 Å². The molecule has 0 unspecified atom stereocenters. The van der Waals surface area contributed by atoms with Crippen molar-refractivity contribution in [3.8, 4) is 0 Å². The van der Waals surface area contributed by atoms with Gasteiger partial charge in [0.25, 0.3) is 5.91 Å². The molecule has 0 radical (unpaired) electrons. The number of benzene rings is 1. The number of carbonyl (C=O) groups excluding carboxylic acids is 2. The van der Waals surface area contributed by atoms with Crippen molar-refractivity contribution in [2.45, 2.75) is 38.6 Å². The molecule has 1 aliphatic heterocycles. The fourth-order valence-electron chi connectivity index (χ4n) is 2.63. The molecule has 0 bridgehead atoms. The summed E-state index contributed by atoms with van der Waals surface area (Å²) in [6.07, 6.45) is 3.96. The summed E-state index contributed by atoms with van der Waals surface area (Å²) < 4.78 is 0. The molecule has 1 fully saturated rings. The Morgan fingerprint density at radius 3 is 2.48 bits per heavy atom. The van der Waals surface area contributed by atoms with Gasteiger partial charge < -0.3 is 21.7 Å². The van der Waals surface area contributed by atoms with Crippen LogP contribution < -0.4 is 21.7 Å². The Hall–Kier alpha value is -1.79. The van der Waals surface area contributed by atoms with Gasteiger partial charge in [-0.2, -0.15) is 0 Å². The van der Waals surface area contributed by atoms with Gasteiger partial charge in [-0.05, 0) is 43.9 Å². The quantitative estimate of drug-likeness (QED) is 0.761. The standard InChI is InChI=1S/C16H24N4O2.ClH/c1-2-13(17)16(22)19-11-6-7-12(15(18)21)14(10-11)20-8-4-3-5-9-20;/h6-7,10,13H,2-5,8-9,17H2,1H3,(H2,18,21)(H,19,22);1H/t13-;/m0./s1. The summed E-state index contributed by atoms with van der Waals surface area (Å²) in [5.41, 5.74) is 13.1. The average Bonchev–Trinajstić information content (AvgIpc) is 2.54. The van der Waals surface area contributed by atoms with E-state index in [4.69, 9.17) is 11.5 Å². The molecular formula is C16H25ClN4O2. The van der Waals surface area contributed by atoms with Gasteiger partial charge in [0.15, 0.2) is 0 Å². The first-order valence-electron chi connectivity index (χ1n) is 7.78. The highest BCUT2D eigenvalue weighted by atomic mass is 35.5. The normalized spacial score (nSPS) is 15.5. The first-order valence-corrected chi connectivity index (χ1v) is 7.78. The van der Waals surface area contributed by atoms with Crippen LogP contribution in [0.2, 0.25) is 0 Å². The third-order valence-corrected chi connectivity index (χ3v) is 4.00. The number of nitrogens with one attached hydrogen (secondary N) is 1. The Morgan fingerprint density at radius 1 is 1.26 bits per heavy atom. The number of nitrogens with two attached hydrogens (primary N) is 2. The summed E-state index contributed by atoms with van der Waals surface area (Å²) in [5, 5.41) is 2.80. The second-order valence-corrected chi connectivity index (χ2v) is 5.65. The van der Waals surface area contributed by atoms with E-state index < -0.39 is 11.9 Å². The van der Waals surface area contributed by atoms with Crippen molar-refractivity contribution in [3.05, 3.63) is 23.8 Å². The SMILES string of the molecule is CC[C@H](N)C(=O)Nc1ccc(C(N)=O)c(N2CCCCC2)c1.Cl. The van der Waals surface area contributed by atoms with Crippen LogP contribution in [0.4, 0.5) is 11.4 Å². The maximum absolute atomic E-state index is 11.9. The predicted octanol–water partition coefficient (Wildman–Crippen LogP) is 1.87. The smallest absolute Gasteiger partial charge is 0.250 e. The number of amides is 2. The maximum Gasteiger partial charge on any atom is 0.250 e. The average molecular weight is 341 g/mol. The van der Waals surface area contributed by atoms with Crippen LogP contribution >= 0.6 is 12.4 Å². The second kappa shape index (κ2) is 8.74. The highest BCUT2D eigenvalue weighted by Gasteiger charge is 2.19. The largest absolute Gasteiger partial charge is 0.371 e. The fourth-order valence-corrected chi connectivity index (χ4v) is 2.63. The van der Waals surface area contributed by atoms with Crippen molar-refractivity contribution in [2.24, 2.45) is 11.5 Å². The highest BCUT2D eigenvalue weighted by Crippen LogP contribution is 2.27. The number of rotatable bonds is 5. The van der Waals surface area contributed by atoms with Crippen molar-refractivity contribution >= 4 is 35.6 Å². The molecule has 0 saturated carbocycles. The van der Waals surface area contributed by atoms with E-state index in [1.807, 2.05) is 13.0 Å². The Labute approximate surface area is 143 Å². The lowest BCUT2D eigenvalue weighted by Crippen LogP contribution is -2.35. The Kier molecular flexibility index (Phi) is 7.32. The molecule has 128 valence electrons. The number of nitrogens with zero attached hydrogens (tertiary/aromatic N) is 1. The minimum Gasteiger partial charge on any atom is -0.371 e. The molecule has 7 heteroatoms. The number of hydrogen-bond donors (Lipinski definition) is 3. The number of carbonyl (C=O) groups is 2. The summed E-state index contributed by atoms with van der Waals surface area (Å²) in [4.78, 5) is 25.7. The van der Waals surface area contributed by atoms with Crippen LogP contribution in [0.25, 0.3) is 0 Å². The van der Waals surface area contributed by atoms with Crippen molar-refractivity contribution in [3.63, 3.8) is 0 Å². The first-order chi connectivity index (χ1) is 10.5. The molecule has 1 heterocycles. The van der Waals surface area contributed by atoms with Gasteiger partial charge in [-0.1, -0.05) is 6.92 Å². The van der Waals surface area contributed by atoms with Gasteiger partial charge in [-0.25, -0.2) is 0 Å². The number of hydrogen-bond acceptors (Lipinski definition) is 4. The van der Waals surface area contributed by atoms with E-state index in [1.54, 1.807) is 12.1 Å². The summed E-state index contributed by atoms with van der Waals surface area (Å²) in [6, 6.07) is 4.63. The van der Waals surface area contributed by atoms with Crippen LogP contribution in [0.5, 0.6) is 0 Å². The van der Waals surface area contributed by atoms with Gasteiger partial charge in [0, 0.05) is 18.8 Å². The monoisotopic (exact) mass is 340 g/mol. The zero-order valence-electron chi connectivity index (χ0n) is 13.4. The van der Waals surface area contributed by atoms with E-state index in [-0.39, 0.29) is 18.3 Å². The second-order valence-electron chi connectivity index (χ2n) is 5.65. The number of piperidine rings is 1. The molecule has 1 aromatic rings. The lowest BCUT2D eigenvalue weighted by atomic mass is 10.1. The van der Waals surface area contributed by atoms with Crippen molar-refractivity contribution in [1.82, 2.24) is 0 Å². The molecule has 1 aromatic carbocycles. The van der Waals surface area contributed by atoms with E-state index in [2.05, 4.69) is 10.2 Å². The molecule has 2 rings (SSSR count). The lowest BCUT2D eigenvalue weighted by Gasteiger charge is -2.30. The molecule has 6 nitrogen and oxygen atoms in total. The topological polar surface area (TPSA) is 101 Å². The molecule has 0 aliphatic carbocycles. The number of halogens is 1. The number of primary amides is 1. The third kappa shape index (κ3) is 4.84. The van der Waals surface area contributed by atoms with Gasteiger partial charge in [0.1, 0.15) is 0 Å². The lowest BCUT2D eigenvalue weighted by molar-refractivity contribution is -0.117. The van der Waals surface area contributed by atoms with Crippen LogP contribution in [0.3, 0.4) is 0 Å². The maximum atomic E-state index is 11.9. The molecule has 2 amide bonds. The van der Waals surface area contributed by atoms with Crippen LogP contribution in [-0.4, -0.2) is 30.9 Å². The van der Waals surface area contributed by atoms with Crippen LogP contribution in [0, 0.1) is 0 Å². The minimum atomic E-state index is -0.533. The Bertz CT molecular complexity index is 559. The van der Waals surface area contributed by atoms with Gasteiger partial charge in [-0.15, -0.1) is 12.4 Å². The van der Waals surface area contributed by atoms with E-state index in [1.165, 1.54) is 6.42 Å². The van der Waals surface area contributed by atoms with Crippen molar-refractivity contribution in [1.29, 1.82) is 0 Å². The Balaban J connectivity index is 0.00000264. The predicted molar refractivity (Wildman–Crippen MR) is 95.2 cm³/mol. The Morgan fingerprint density at radius 2 is 1.91 bits per heavy atom. The summed E-state index contributed by atoms with van der Waals surface area (Å²) in [5.74, 6) is -0.678. The van der Waals surface area contributed by atoms with Crippen molar-refractivity contribution < 1.29 is 9.59 Å². The first kappa shape index (κ1) is 19.3. The molecule has 1 atom stereocenters. The molecule has 0 aromatic heterocycles. The fraction of sp³-hybridized carbons (Fsp3) is 0.500. The highest BCUT2D eigenvalue weighted by molar-refractivity contribution is 6.01. The molecule has 1 aliphatic rings. The van der Waals surface area contributed by atoms with Crippen LogP contribution in [0.15, 0.2) is 18.2 Å². The zero-order chi connectivity index (χ0) is 16.1. The summed E-state index contributed by atoms with van der Waals surface area (Å²) >= 11 is 0. The summed E-state index contributed by atoms with van der Waals surface area (Å²) in [7, 11) is 0. The van der Waals surface area contributed by atoms with Crippen molar-refractivity contribution in [2.75, 3.05) is 23.3 Å². The van der Waals surface area contributed by atoms with Gasteiger partial charge in [0.2, 0.25) is 5.91 Å².